The smallest absolute Gasteiger partial charge is 0.405 e. The molecule has 1 fully saturated rings. The molecule has 0 aromatic heterocycles. The molecule has 1 heterocycles. The standard InChI is InChI=1S/C19H26F3N3O3/c1-2-3-12-28-16-6-4-15(5-7-16)24-18(27)25-10-8-14(9-11-25)17(26)23-13-19(20,21)22/h4-7,14H,2-3,8-13H2,1H3,(H,23,26)(H,24,27). The first-order valence-corrected chi connectivity index (χ1v) is 9.41. The van der Waals surface area contributed by atoms with E-state index in [-0.39, 0.29) is 6.03 Å². The summed E-state index contributed by atoms with van der Waals surface area (Å²) in [5.74, 6) is -0.390. The number of anilines is 1. The summed E-state index contributed by atoms with van der Waals surface area (Å²) in [4.78, 5) is 25.7. The van der Waals surface area contributed by atoms with E-state index in [1.54, 1.807) is 29.2 Å². The second kappa shape index (κ2) is 10.2. The Bertz CT molecular complexity index is 642. The Labute approximate surface area is 162 Å². The van der Waals surface area contributed by atoms with Gasteiger partial charge >= 0.3 is 12.2 Å². The molecule has 0 unspecified atom stereocenters. The molecule has 156 valence electrons. The van der Waals surface area contributed by atoms with Crippen LogP contribution in [0.4, 0.5) is 23.7 Å². The molecule has 0 bridgehead atoms. The van der Waals surface area contributed by atoms with Gasteiger partial charge in [-0.1, -0.05) is 13.3 Å². The number of ether oxygens (including phenoxy) is 1. The SMILES string of the molecule is CCCCOc1ccc(NC(=O)N2CCC(C(=O)NCC(F)(F)F)CC2)cc1. The van der Waals surface area contributed by atoms with Crippen molar-refractivity contribution in [3.63, 3.8) is 0 Å². The van der Waals surface area contributed by atoms with Crippen LogP contribution in [0.2, 0.25) is 0 Å². The molecule has 1 aromatic carbocycles. The Morgan fingerprint density at radius 1 is 1.18 bits per heavy atom. The van der Waals surface area contributed by atoms with Gasteiger partial charge in [-0.3, -0.25) is 4.79 Å². The molecule has 0 radical (unpaired) electrons. The number of nitrogens with one attached hydrogen (secondary N) is 2. The van der Waals surface area contributed by atoms with Gasteiger partial charge < -0.3 is 20.3 Å². The Hall–Kier alpha value is -2.45. The zero-order valence-corrected chi connectivity index (χ0v) is 15.8. The number of amides is 3. The van der Waals surface area contributed by atoms with Gasteiger partial charge in [0.25, 0.3) is 0 Å². The number of nitrogens with zero attached hydrogens (tertiary/aromatic N) is 1. The van der Waals surface area contributed by atoms with E-state index in [9.17, 15) is 22.8 Å². The molecular formula is C19H26F3N3O3. The van der Waals surface area contributed by atoms with Crippen LogP contribution in [-0.2, 0) is 4.79 Å². The minimum absolute atomic E-state index is 0.297. The number of benzene rings is 1. The topological polar surface area (TPSA) is 70.7 Å². The molecule has 0 saturated carbocycles. The lowest BCUT2D eigenvalue weighted by molar-refractivity contribution is -0.141. The lowest BCUT2D eigenvalue weighted by Gasteiger charge is -2.31. The van der Waals surface area contributed by atoms with Crippen LogP contribution in [0.15, 0.2) is 24.3 Å². The highest BCUT2D eigenvalue weighted by Crippen LogP contribution is 2.21. The summed E-state index contributed by atoms with van der Waals surface area (Å²) in [5, 5.41) is 4.68. The second-order valence-electron chi connectivity index (χ2n) is 6.75. The molecule has 1 saturated heterocycles. The highest BCUT2D eigenvalue weighted by Gasteiger charge is 2.31. The number of hydrogen-bond donors (Lipinski definition) is 2. The van der Waals surface area contributed by atoms with Gasteiger partial charge in [0.15, 0.2) is 0 Å². The largest absolute Gasteiger partial charge is 0.494 e. The van der Waals surface area contributed by atoms with Gasteiger partial charge in [-0.05, 0) is 43.5 Å². The first kappa shape index (κ1) is 21.8. The summed E-state index contributed by atoms with van der Waals surface area (Å²) in [6, 6.07) is 6.76. The van der Waals surface area contributed by atoms with Gasteiger partial charge in [-0.2, -0.15) is 13.2 Å². The van der Waals surface area contributed by atoms with E-state index in [1.165, 1.54) is 0 Å². The Balaban J connectivity index is 1.75. The van der Waals surface area contributed by atoms with Crippen LogP contribution in [0.25, 0.3) is 0 Å². The van der Waals surface area contributed by atoms with E-state index >= 15 is 0 Å². The predicted molar refractivity (Wildman–Crippen MR) is 99.2 cm³/mol. The summed E-state index contributed by atoms with van der Waals surface area (Å²) in [6.07, 6.45) is -1.73. The number of unbranched alkanes of at least 4 members (excludes halogenated alkanes) is 1. The summed E-state index contributed by atoms with van der Waals surface area (Å²) < 4.78 is 42.1. The van der Waals surface area contributed by atoms with Crippen LogP contribution in [0.5, 0.6) is 5.75 Å². The Kier molecular flexibility index (Phi) is 7.95. The third-order valence-corrected chi connectivity index (χ3v) is 4.49. The third-order valence-electron chi connectivity index (χ3n) is 4.49. The molecule has 1 aliphatic rings. The summed E-state index contributed by atoms with van der Waals surface area (Å²) in [6.45, 7) is 2.03. The van der Waals surface area contributed by atoms with Gasteiger partial charge in [-0.15, -0.1) is 0 Å². The van der Waals surface area contributed by atoms with Crippen molar-refractivity contribution < 1.29 is 27.5 Å². The number of hydrogen-bond acceptors (Lipinski definition) is 3. The number of rotatable bonds is 7. The van der Waals surface area contributed by atoms with Crippen molar-refractivity contribution in [3.05, 3.63) is 24.3 Å². The van der Waals surface area contributed by atoms with Crippen LogP contribution in [-0.4, -0.2) is 49.3 Å². The molecule has 6 nitrogen and oxygen atoms in total. The summed E-state index contributed by atoms with van der Waals surface area (Å²) in [5.41, 5.74) is 0.623. The van der Waals surface area contributed by atoms with E-state index in [4.69, 9.17) is 4.74 Å². The number of alkyl halides is 3. The maximum atomic E-state index is 12.3. The fourth-order valence-corrected chi connectivity index (χ4v) is 2.85. The number of urea groups is 1. The van der Waals surface area contributed by atoms with Crippen molar-refractivity contribution in [3.8, 4) is 5.75 Å². The average molecular weight is 401 g/mol. The molecule has 0 spiro atoms. The van der Waals surface area contributed by atoms with Crippen LogP contribution in [0.3, 0.4) is 0 Å². The van der Waals surface area contributed by atoms with Crippen molar-refractivity contribution >= 4 is 17.6 Å². The summed E-state index contributed by atoms with van der Waals surface area (Å²) in [7, 11) is 0. The van der Waals surface area contributed by atoms with Crippen LogP contribution >= 0.6 is 0 Å². The van der Waals surface area contributed by atoms with Crippen LogP contribution in [0.1, 0.15) is 32.6 Å². The van der Waals surface area contributed by atoms with Crippen LogP contribution in [0, 0.1) is 5.92 Å². The van der Waals surface area contributed by atoms with Crippen molar-refractivity contribution in [2.75, 3.05) is 31.6 Å². The zero-order valence-electron chi connectivity index (χ0n) is 15.8. The van der Waals surface area contributed by atoms with E-state index in [0.717, 1.165) is 18.6 Å². The van der Waals surface area contributed by atoms with Gasteiger partial charge in [0.1, 0.15) is 12.3 Å². The van der Waals surface area contributed by atoms with E-state index in [2.05, 4.69) is 12.2 Å². The first-order chi connectivity index (χ1) is 13.3. The minimum Gasteiger partial charge on any atom is -0.494 e. The quantitative estimate of drug-likeness (QED) is 0.683. The molecule has 28 heavy (non-hydrogen) atoms. The lowest BCUT2D eigenvalue weighted by atomic mass is 9.96. The van der Waals surface area contributed by atoms with E-state index in [1.807, 2.05) is 5.32 Å². The monoisotopic (exact) mass is 401 g/mol. The van der Waals surface area contributed by atoms with Gasteiger partial charge in [-0.25, -0.2) is 4.79 Å². The number of carbonyl (C=O) groups is 2. The Morgan fingerprint density at radius 2 is 1.82 bits per heavy atom. The molecule has 0 aliphatic carbocycles. The first-order valence-electron chi connectivity index (χ1n) is 9.41. The third kappa shape index (κ3) is 7.28. The lowest BCUT2D eigenvalue weighted by Crippen LogP contribution is -2.45. The molecule has 2 rings (SSSR count). The minimum atomic E-state index is -4.42. The van der Waals surface area contributed by atoms with Gasteiger partial charge in [0.05, 0.1) is 6.61 Å². The van der Waals surface area contributed by atoms with Gasteiger partial charge in [0, 0.05) is 24.7 Å². The molecule has 2 N–H and O–H groups in total. The number of piperidine rings is 1. The molecule has 3 amide bonds. The molecule has 9 heteroatoms. The maximum Gasteiger partial charge on any atom is 0.405 e. The molecule has 1 aliphatic heterocycles. The molecular weight excluding hydrogens is 375 g/mol. The molecule has 1 aromatic rings. The normalized spacial score (nSPS) is 15.2. The van der Waals surface area contributed by atoms with Crippen molar-refractivity contribution in [1.29, 1.82) is 0 Å². The predicted octanol–water partition coefficient (Wildman–Crippen LogP) is 3.79. The highest BCUT2D eigenvalue weighted by atomic mass is 19.4. The zero-order chi connectivity index (χ0) is 20.6. The van der Waals surface area contributed by atoms with E-state index in [0.29, 0.717) is 38.2 Å². The fourth-order valence-electron chi connectivity index (χ4n) is 2.85. The summed E-state index contributed by atoms with van der Waals surface area (Å²) >= 11 is 0. The van der Waals surface area contributed by atoms with Crippen molar-refractivity contribution in [2.24, 2.45) is 5.92 Å². The average Bonchev–Trinajstić information content (AvgIpc) is 2.67. The van der Waals surface area contributed by atoms with E-state index < -0.39 is 24.5 Å². The van der Waals surface area contributed by atoms with Crippen LogP contribution < -0.4 is 15.4 Å². The highest BCUT2D eigenvalue weighted by molar-refractivity contribution is 5.89. The number of carbonyl (C=O) groups excluding carboxylic acids is 2. The Morgan fingerprint density at radius 3 is 2.39 bits per heavy atom. The molecule has 0 atom stereocenters. The number of halogens is 3. The second-order valence-corrected chi connectivity index (χ2v) is 6.75. The van der Waals surface area contributed by atoms with Crippen molar-refractivity contribution in [1.82, 2.24) is 10.2 Å². The maximum absolute atomic E-state index is 12.3. The fraction of sp³-hybridized carbons (Fsp3) is 0.579. The number of likely N-dealkylation sites (tertiary alicyclic amines) is 1. The van der Waals surface area contributed by atoms with Crippen molar-refractivity contribution in [2.45, 2.75) is 38.8 Å². The van der Waals surface area contributed by atoms with Gasteiger partial charge in [0.2, 0.25) is 5.91 Å².